The molecular formula is C28H36N4O3SSi. The molecule has 2 unspecified atom stereocenters. The number of benzene rings is 2. The molecule has 196 valence electrons. The minimum Gasteiger partial charge on any atom is -0.391 e. The number of hydrogen-bond acceptors (Lipinski definition) is 6. The van der Waals surface area contributed by atoms with Crippen molar-refractivity contribution in [2.45, 2.75) is 46.9 Å². The second-order valence-corrected chi connectivity index (χ2v) is 14.1. The Balaban J connectivity index is 1.63. The lowest BCUT2D eigenvalue weighted by Gasteiger charge is -2.54. The average Bonchev–Trinajstić information content (AvgIpc) is 3.31. The Hall–Kier alpha value is -3.01. The van der Waals surface area contributed by atoms with E-state index in [1.807, 2.05) is 26.0 Å². The second-order valence-electron chi connectivity index (χ2n) is 10.9. The Morgan fingerprint density at radius 1 is 1.11 bits per heavy atom. The molecule has 0 radical (unpaired) electrons. The van der Waals surface area contributed by atoms with Gasteiger partial charge in [-0.2, -0.15) is 0 Å². The topological polar surface area (TPSA) is 88.8 Å². The van der Waals surface area contributed by atoms with E-state index in [1.54, 1.807) is 5.38 Å². The minimum absolute atomic E-state index is 0.0410. The van der Waals surface area contributed by atoms with Crippen molar-refractivity contribution >= 4 is 47.7 Å². The molecule has 2 amide bonds. The number of carbonyl (C=O) groups is 2. The van der Waals surface area contributed by atoms with Crippen LogP contribution in [0.3, 0.4) is 0 Å². The fraction of sp³-hybridized carbons (Fsp3) is 0.393. The van der Waals surface area contributed by atoms with Crippen LogP contribution in [-0.4, -0.2) is 56.1 Å². The standard InChI is InChI=1S/C28H36N4O3SSi/c1-19(2)31(17-24(29)33)25(34)23-18-36-27(30-23)32-16-22(28(3,4)5)26(32)35-37(20-12-8-6-9-13-20)21-14-10-7-11-15-21/h6-15,18-19,22,26,37H,16-17H2,1-5H3,(H2,29,33). The number of amides is 2. The Morgan fingerprint density at radius 3 is 2.16 bits per heavy atom. The quantitative estimate of drug-likeness (QED) is 0.425. The molecule has 0 bridgehead atoms. The highest BCUT2D eigenvalue weighted by atomic mass is 32.1. The van der Waals surface area contributed by atoms with E-state index in [2.05, 4.69) is 74.2 Å². The number of aromatic nitrogens is 1. The lowest BCUT2D eigenvalue weighted by atomic mass is 9.74. The molecule has 2 atom stereocenters. The van der Waals surface area contributed by atoms with Gasteiger partial charge in [0, 0.05) is 23.9 Å². The first-order valence-electron chi connectivity index (χ1n) is 12.6. The van der Waals surface area contributed by atoms with E-state index in [4.69, 9.17) is 15.1 Å². The van der Waals surface area contributed by atoms with Crippen LogP contribution in [0.1, 0.15) is 45.1 Å². The first-order chi connectivity index (χ1) is 17.6. The van der Waals surface area contributed by atoms with E-state index in [0.29, 0.717) is 11.6 Å². The van der Waals surface area contributed by atoms with E-state index in [1.165, 1.54) is 26.6 Å². The molecule has 0 spiro atoms. The van der Waals surface area contributed by atoms with Crippen LogP contribution < -0.4 is 21.0 Å². The number of anilines is 1. The van der Waals surface area contributed by atoms with Crippen molar-refractivity contribution in [3.63, 3.8) is 0 Å². The SMILES string of the molecule is CC(C)N(CC(N)=O)C(=O)c1csc(N2CC(C(C)(C)C)C2O[SiH](c2ccccc2)c2ccccc2)n1. The molecule has 0 saturated carbocycles. The number of hydrogen-bond donors (Lipinski definition) is 1. The zero-order valence-electron chi connectivity index (χ0n) is 22.1. The number of carbonyl (C=O) groups excluding carboxylic acids is 2. The highest BCUT2D eigenvalue weighted by Gasteiger charge is 2.48. The maximum atomic E-state index is 13.1. The van der Waals surface area contributed by atoms with Gasteiger partial charge in [-0.3, -0.25) is 9.59 Å². The van der Waals surface area contributed by atoms with Crippen molar-refractivity contribution in [3.05, 3.63) is 71.7 Å². The van der Waals surface area contributed by atoms with Gasteiger partial charge in [0.05, 0.1) is 6.54 Å². The fourth-order valence-corrected chi connectivity index (χ4v) is 7.88. The maximum Gasteiger partial charge on any atom is 0.274 e. The molecule has 1 saturated heterocycles. The minimum atomic E-state index is -2.00. The summed E-state index contributed by atoms with van der Waals surface area (Å²) in [4.78, 5) is 33.0. The van der Waals surface area contributed by atoms with Gasteiger partial charge in [-0.25, -0.2) is 4.98 Å². The largest absolute Gasteiger partial charge is 0.391 e. The number of thiazole rings is 1. The molecule has 0 aliphatic carbocycles. The molecule has 1 fully saturated rings. The zero-order chi connectivity index (χ0) is 26.7. The van der Waals surface area contributed by atoms with Gasteiger partial charge < -0.3 is 20.0 Å². The summed E-state index contributed by atoms with van der Waals surface area (Å²) in [6, 6.07) is 20.7. The van der Waals surface area contributed by atoms with Crippen LogP contribution >= 0.6 is 11.3 Å². The van der Waals surface area contributed by atoms with Crippen LogP contribution in [0, 0.1) is 11.3 Å². The van der Waals surface area contributed by atoms with Gasteiger partial charge in [0.1, 0.15) is 11.9 Å². The summed E-state index contributed by atoms with van der Waals surface area (Å²) in [5, 5.41) is 4.97. The number of rotatable bonds is 9. The molecule has 7 nitrogen and oxygen atoms in total. The van der Waals surface area contributed by atoms with Crippen LogP contribution in [0.15, 0.2) is 66.0 Å². The van der Waals surface area contributed by atoms with Gasteiger partial charge in [0.15, 0.2) is 5.13 Å². The summed E-state index contributed by atoms with van der Waals surface area (Å²) in [5.41, 5.74) is 5.74. The Labute approximate surface area is 225 Å². The van der Waals surface area contributed by atoms with Crippen molar-refractivity contribution < 1.29 is 14.0 Å². The van der Waals surface area contributed by atoms with Crippen molar-refractivity contribution in [3.8, 4) is 0 Å². The number of primary amides is 1. The highest BCUT2D eigenvalue weighted by Crippen LogP contribution is 2.43. The van der Waals surface area contributed by atoms with Crippen LogP contribution in [0.4, 0.5) is 5.13 Å². The van der Waals surface area contributed by atoms with Gasteiger partial charge in [-0.05, 0) is 29.6 Å². The number of nitrogens with zero attached hydrogens (tertiary/aromatic N) is 3. The summed E-state index contributed by atoms with van der Waals surface area (Å²) in [6.45, 7) is 11.1. The molecule has 3 aromatic rings. The predicted molar refractivity (Wildman–Crippen MR) is 152 cm³/mol. The highest BCUT2D eigenvalue weighted by molar-refractivity contribution is 7.14. The Morgan fingerprint density at radius 2 is 1.68 bits per heavy atom. The average molecular weight is 537 g/mol. The summed E-state index contributed by atoms with van der Waals surface area (Å²) in [5.74, 6) is -0.526. The third kappa shape index (κ3) is 6.11. The third-order valence-corrected chi connectivity index (χ3v) is 10.2. The normalized spacial score (nSPS) is 17.6. The molecule has 9 heteroatoms. The van der Waals surface area contributed by atoms with Gasteiger partial charge in [0.25, 0.3) is 5.91 Å². The monoisotopic (exact) mass is 536 g/mol. The first kappa shape index (κ1) is 27.0. The lowest BCUT2D eigenvalue weighted by molar-refractivity contribution is -0.119. The van der Waals surface area contributed by atoms with Crippen molar-refractivity contribution in [1.29, 1.82) is 0 Å². The van der Waals surface area contributed by atoms with Crippen LogP contribution in [0.5, 0.6) is 0 Å². The summed E-state index contributed by atoms with van der Waals surface area (Å²) < 4.78 is 7.05. The molecule has 2 N–H and O–H groups in total. The van der Waals surface area contributed by atoms with E-state index in [0.717, 1.165) is 11.7 Å². The summed E-state index contributed by atoms with van der Waals surface area (Å²) in [7, 11) is -2.00. The fourth-order valence-electron chi connectivity index (χ4n) is 4.59. The van der Waals surface area contributed by atoms with E-state index in [9.17, 15) is 9.59 Å². The maximum absolute atomic E-state index is 13.1. The smallest absolute Gasteiger partial charge is 0.274 e. The second kappa shape index (κ2) is 11.2. The van der Waals surface area contributed by atoms with Gasteiger partial charge in [-0.1, -0.05) is 81.4 Å². The number of nitrogens with two attached hydrogens (primary N) is 1. The molecule has 4 rings (SSSR count). The van der Waals surface area contributed by atoms with E-state index >= 15 is 0 Å². The van der Waals surface area contributed by atoms with Crippen LogP contribution in [0.25, 0.3) is 0 Å². The lowest BCUT2D eigenvalue weighted by Crippen LogP contribution is -2.65. The van der Waals surface area contributed by atoms with Gasteiger partial charge in [-0.15, -0.1) is 11.3 Å². The molecular weight excluding hydrogens is 500 g/mol. The van der Waals surface area contributed by atoms with Gasteiger partial charge >= 0.3 is 0 Å². The molecule has 2 heterocycles. The molecule has 1 aliphatic heterocycles. The van der Waals surface area contributed by atoms with E-state index in [-0.39, 0.29) is 30.1 Å². The molecule has 2 aromatic carbocycles. The van der Waals surface area contributed by atoms with Gasteiger partial charge in [0.2, 0.25) is 14.9 Å². The summed E-state index contributed by atoms with van der Waals surface area (Å²) in [6.07, 6.45) is -0.155. The Kier molecular flexibility index (Phi) is 8.16. The third-order valence-electron chi connectivity index (χ3n) is 6.80. The van der Waals surface area contributed by atoms with Crippen molar-refractivity contribution in [1.82, 2.24) is 9.88 Å². The predicted octanol–water partition coefficient (Wildman–Crippen LogP) is 2.84. The first-order valence-corrected chi connectivity index (χ1v) is 15.1. The van der Waals surface area contributed by atoms with Crippen LogP contribution in [-0.2, 0) is 9.22 Å². The van der Waals surface area contributed by atoms with E-state index < -0.39 is 14.9 Å². The molecule has 37 heavy (non-hydrogen) atoms. The summed E-state index contributed by atoms with van der Waals surface area (Å²) >= 11 is 1.43. The molecule has 1 aromatic heterocycles. The van der Waals surface area contributed by atoms with Crippen molar-refractivity contribution in [2.75, 3.05) is 18.0 Å². The Bertz CT molecular complexity index is 1170. The van der Waals surface area contributed by atoms with Crippen LogP contribution in [0.2, 0.25) is 0 Å². The molecule has 1 aliphatic rings. The van der Waals surface area contributed by atoms with Crippen molar-refractivity contribution in [2.24, 2.45) is 17.1 Å². The zero-order valence-corrected chi connectivity index (χ0v) is 24.1.